The molecule has 3 N–H and O–H groups in total. The third-order valence-corrected chi connectivity index (χ3v) is 4.72. The van der Waals surface area contributed by atoms with E-state index in [9.17, 15) is 0 Å². The van der Waals surface area contributed by atoms with Gasteiger partial charge < -0.3 is 5.43 Å². The lowest BCUT2D eigenvalue weighted by molar-refractivity contribution is 0.444. The molecule has 106 valence electrons. The Bertz CT molecular complexity index is 628. The topological polar surface area (TPSA) is 50.9 Å². The van der Waals surface area contributed by atoms with Crippen LogP contribution in [0.1, 0.15) is 54.7 Å². The molecule has 0 atom stereocenters. The van der Waals surface area contributed by atoms with Crippen LogP contribution >= 0.6 is 0 Å². The predicted octanol–water partition coefficient (Wildman–Crippen LogP) is 4.18. The maximum atomic E-state index is 5.72. The third-order valence-electron chi connectivity index (χ3n) is 4.72. The Balaban J connectivity index is 2.14. The van der Waals surface area contributed by atoms with E-state index in [1.807, 2.05) is 0 Å². The van der Waals surface area contributed by atoms with Gasteiger partial charge in [0.05, 0.1) is 5.52 Å². The summed E-state index contributed by atoms with van der Waals surface area (Å²) in [5, 5.41) is 1.23. The molecule has 3 heteroatoms. The number of nitrogens with one attached hydrogen (secondary N) is 1. The molecule has 1 saturated carbocycles. The maximum Gasteiger partial charge on any atom is 0.144 e. The van der Waals surface area contributed by atoms with Gasteiger partial charge in [-0.05, 0) is 55.4 Å². The van der Waals surface area contributed by atoms with Crippen molar-refractivity contribution in [3.05, 3.63) is 34.9 Å². The number of aromatic nitrogens is 1. The van der Waals surface area contributed by atoms with Crippen LogP contribution in [0.3, 0.4) is 0 Å². The van der Waals surface area contributed by atoms with Crippen molar-refractivity contribution in [2.75, 3.05) is 5.43 Å². The first-order valence-electron chi connectivity index (χ1n) is 7.58. The fourth-order valence-corrected chi connectivity index (χ4v) is 3.34. The van der Waals surface area contributed by atoms with Gasteiger partial charge in [0.2, 0.25) is 0 Å². The molecule has 0 radical (unpaired) electrons. The van der Waals surface area contributed by atoms with Gasteiger partial charge in [-0.15, -0.1) is 0 Å². The number of nitrogens with zero attached hydrogens (tertiary/aromatic N) is 1. The number of anilines is 1. The fourth-order valence-electron chi connectivity index (χ4n) is 3.34. The number of aryl methyl sites for hydroxylation is 2. The molecule has 0 saturated heterocycles. The van der Waals surface area contributed by atoms with Crippen molar-refractivity contribution in [2.45, 2.75) is 51.9 Å². The molecule has 0 amide bonds. The first-order chi connectivity index (χ1) is 9.70. The number of hydrogen-bond donors (Lipinski definition) is 2. The molecule has 20 heavy (non-hydrogen) atoms. The Morgan fingerprint density at radius 1 is 1.15 bits per heavy atom. The van der Waals surface area contributed by atoms with Crippen molar-refractivity contribution in [3.63, 3.8) is 0 Å². The Morgan fingerprint density at radius 3 is 2.60 bits per heavy atom. The predicted molar refractivity (Wildman–Crippen MR) is 84.9 cm³/mol. The molecule has 1 aliphatic rings. The van der Waals surface area contributed by atoms with Gasteiger partial charge >= 0.3 is 0 Å². The molecule has 3 rings (SSSR count). The second-order valence-electron chi connectivity index (χ2n) is 5.98. The SMILES string of the molecule is Cc1ccc2cc(C3CCCCC3)c(NN)nc2c1C. The number of fused-ring (bicyclic) bond motifs is 1. The van der Waals surface area contributed by atoms with E-state index in [0.717, 1.165) is 11.3 Å². The molecule has 0 aliphatic heterocycles. The second kappa shape index (κ2) is 5.41. The van der Waals surface area contributed by atoms with Gasteiger partial charge in [0.1, 0.15) is 5.82 Å². The van der Waals surface area contributed by atoms with Crippen molar-refractivity contribution in [3.8, 4) is 0 Å². The number of pyridine rings is 1. The van der Waals surface area contributed by atoms with Crippen LogP contribution in [0, 0.1) is 13.8 Å². The van der Waals surface area contributed by atoms with Crippen LogP contribution in [-0.2, 0) is 0 Å². The molecule has 1 aromatic heterocycles. The van der Waals surface area contributed by atoms with Crippen LogP contribution in [0.2, 0.25) is 0 Å². The summed E-state index contributed by atoms with van der Waals surface area (Å²) in [5.41, 5.74) is 7.70. The summed E-state index contributed by atoms with van der Waals surface area (Å²) in [5.74, 6) is 7.19. The first-order valence-corrected chi connectivity index (χ1v) is 7.58. The molecule has 0 spiro atoms. The minimum atomic E-state index is 0.605. The molecular formula is C17H23N3. The van der Waals surface area contributed by atoms with Gasteiger partial charge in [-0.25, -0.2) is 10.8 Å². The van der Waals surface area contributed by atoms with Gasteiger partial charge in [-0.1, -0.05) is 31.4 Å². The first kappa shape index (κ1) is 13.4. The second-order valence-corrected chi connectivity index (χ2v) is 5.98. The van der Waals surface area contributed by atoms with Crippen molar-refractivity contribution < 1.29 is 0 Å². The van der Waals surface area contributed by atoms with Crippen LogP contribution in [0.4, 0.5) is 5.82 Å². The standard InChI is InChI=1S/C17H23N3/c1-11-8-9-14-10-15(13-6-4-3-5-7-13)17(20-18)19-16(14)12(11)2/h8-10,13H,3-7,18H2,1-2H3,(H,19,20). The summed E-state index contributed by atoms with van der Waals surface area (Å²) in [7, 11) is 0. The highest BCUT2D eigenvalue weighted by Crippen LogP contribution is 2.37. The highest BCUT2D eigenvalue weighted by molar-refractivity contribution is 5.85. The molecule has 1 aromatic carbocycles. The molecule has 1 aliphatic carbocycles. The molecule has 0 unspecified atom stereocenters. The zero-order chi connectivity index (χ0) is 14.1. The quantitative estimate of drug-likeness (QED) is 0.635. The number of hydrogen-bond acceptors (Lipinski definition) is 3. The molecule has 1 fully saturated rings. The largest absolute Gasteiger partial charge is 0.308 e. The van der Waals surface area contributed by atoms with Crippen LogP contribution in [-0.4, -0.2) is 4.98 Å². The van der Waals surface area contributed by atoms with Crippen molar-refractivity contribution in [1.29, 1.82) is 0 Å². The molecule has 1 heterocycles. The van der Waals surface area contributed by atoms with E-state index in [1.165, 1.54) is 54.2 Å². The number of hydrazine groups is 1. The summed E-state index contributed by atoms with van der Waals surface area (Å²) in [6.07, 6.45) is 6.51. The zero-order valence-corrected chi connectivity index (χ0v) is 12.4. The van der Waals surface area contributed by atoms with Gasteiger partial charge in [-0.2, -0.15) is 0 Å². The Labute approximate surface area is 120 Å². The van der Waals surface area contributed by atoms with E-state index in [0.29, 0.717) is 5.92 Å². The van der Waals surface area contributed by atoms with Crippen LogP contribution in [0.25, 0.3) is 10.9 Å². The summed E-state index contributed by atoms with van der Waals surface area (Å²) in [6, 6.07) is 6.65. The zero-order valence-electron chi connectivity index (χ0n) is 12.4. The normalized spacial score (nSPS) is 16.6. The lowest BCUT2D eigenvalue weighted by Gasteiger charge is -2.24. The number of nitrogens with two attached hydrogens (primary N) is 1. The minimum Gasteiger partial charge on any atom is -0.308 e. The van der Waals surface area contributed by atoms with Crippen molar-refractivity contribution >= 4 is 16.7 Å². The average Bonchev–Trinajstić information content (AvgIpc) is 2.51. The highest BCUT2D eigenvalue weighted by Gasteiger charge is 2.20. The summed E-state index contributed by atoms with van der Waals surface area (Å²) in [4.78, 5) is 4.79. The van der Waals surface area contributed by atoms with Gasteiger partial charge in [0.15, 0.2) is 0 Å². The van der Waals surface area contributed by atoms with E-state index < -0.39 is 0 Å². The highest BCUT2D eigenvalue weighted by atomic mass is 15.2. The van der Waals surface area contributed by atoms with Crippen LogP contribution in [0.15, 0.2) is 18.2 Å². The Morgan fingerprint density at radius 2 is 1.90 bits per heavy atom. The lowest BCUT2D eigenvalue weighted by atomic mass is 9.83. The van der Waals surface area contributed by atoms with Crippen LogP contribution in [0.5, 0.6) is 0 Å². The average molecular weight is 269 g/mol. The van der Waals surface area contributed by atoms with Crippen molar-refractivity contribution in [2.24, 2.45) is 5.84 Å². The minimum absolute atomic E-state index is 0.605. The lowest BCUT2D eigenvalue weighted by Crippen LogP contribution is -2.15. The van der Waals surface area contributed by atoms with Gasteiger partial charge in [0.25, 0.3) is 0 Å². The third kappa shape index (κ3) is 2.27. The fraction of sp³-hybridized carbons (Fsp3) is 0.471. The van der Waals surface area contributed by atoms with Gasteiger partial charge in [-0.3, -0.25) is 0 Å². The molecular weight excluding hydrogens is 246 g/mol. The smallest absolute Gasteiger partial charge is 0.144 e. The molecule has 3 nitrogen and oxygen atoms in total. The number of rotatable bonds is 2. The summed E-state index contributed by atoms with van der Waals surface area (Å²) < 4.78 is 0. The number of benzene rings is 1. The molecule has 2 aromatic rings. The van der Waals surface area contributed by atoms with E-state index in [1.54, 1.807) is 0 Å². The monoisotopic (exact) mass is 269 g/mol. The van der Waals surface area contributed by atoms with Gasteiger partial charge in [0, 0.05) is 5.39 Å². The molecule has 0 bridgehead atoms. The van der Waals surface area contributed by atoms with E-state index in [-0.39, 0.29) is 0 Å². The van der Waals surface area contributed by atoms with E-state index in [4.69, 9.17) is 10.8 Å². The van der Waals surface area contributed by atoms with Crippen LogP contribution < -0.4 is 11.3 Å². The van der Waals surface area contributed by atoms with E-state index in [2.05, 4.69) is 37.5 Å². The maximum absolute atomic E-state index is 5.72. The Hall–Kier alpha value is -1.61. The summed E-state index contributed by atoms with van der Waals surface area (Å²) in [6.45, 7) is 4.26. The summed E-state index contributed by atoms with van der Waals surface area (Å²) >= 11 is 0. The van der Waals surface area contributed by atoms with Crippen molar-refractivity contribution in [1.82, 2.24) is 4.98 Å². The Kier molecular flexibility index (Phi) is 3.62. The number of nitrogen functional groups attached to an aromatic ring is 1. The van der Waals surface area contributed by atoms with E-state index >= 15 is 0 Å².